The first-order valence-corrected chi connectivity index (χ1v) is 6.83. The zero-order valence-corrected chi connectivity index (χ0v) is 12.1. The quantitative estimate of drug-likeness (QED) is 0.648. The molecule has 0 bridgehead atoms. The first-order chi connectivity index (χ1) is 10.5. The number of carbonyl (C=O) groups is 1. The van der Waals surface area contributed by atoms with Gasteiger partial charge in [-0.25, -0.2) is 15.0 Å². The molecule has 3 N–H and O–H groups in total. The number of nitrogens with two attached hydrogens (primary N) is 1. The zero-order valence-electron chi connectivity index (χ0n) is 12.1. The van der Waals surface area contributed by atoms with Crippen LogP contribution in [-0.4, -0.2) is 17.8 Å². The van der Waals surface area contributed by atoms with Crippen LogP contribution in [0.2, 0.25) is 0 Å². The average molecular weight is 301 g/mol. The molecule has 0 saturated heterocycles. The summed E-state index contributed by atoms with van der Waals surface area (Å²) in [4.78, 5) is 22.2. The molecule has 1 aromatic heterocycles. The Morgan fingerprint density at radius 2 is 2.14 bits per heavy atom. The molecule has 0 spiro atoms. The third-order valence-electron chi connectivity index (χ3n) is 3.41. The van der Waals surface area contributed by atoms with Gasteiger partial charge in [0.15, 0.2) is 0 Å². The lowest BCUT2D eigenvalue weighted by molar-refractivity contribution is 0.228. The number of nitrogens with zero attached hydrogens (tertiary/aromatic N) is 1. The minimum Gasteiger partial charge on any atom is -0.483 e. The highest BCUT2D eigenvalue weighted by molar-refractivity contribution is 6.11. The monoisotopic (exact) mass is 301 g/mol. The van der Waals surface area contributed by atoms with Crippen molar-refractivity contribution in [3.8, 4) is 5.75 Å². The molecule has 0 aliphatic carbocycles. The van der Waals surface area contributed by atoms with Crippen LogP contribution in [0.1, 0.15) is 19.4 Å². The first kappa shape index (κ1) is 14.1. The summed E-state index contributed by atoms with van der Waals surface area (Å²) in [5.41, 5.74) is 8.68. The highest BCUT2D eigenvalue weighted by atomic mass is 16.5. The third-order valence-corrected chi connectivity index (χ3v) is 3.41. The molecule has 114 valence electrons. The van der Waals surface area contributed by atoms with Gasteiger partial charge in [-0.15, -0.1) is 0 Å². The molecule has 0 saturated carbocycles. The van der Waals surface area contributed by atoms with E-state index < -0.39 is 11.7 Å². The molecule has 0 fully saturated rings. The number of carbonyl (C=O) groups excluding carboxylic acids is 1. The van der Waals surface area contributed by atoms with Crippen LogP contribution in [0.25, 0.3) is 11.0 Å². The van der Waals surface area contributed by atoms with Crippen LogP contribution in [0.5, 0.6) is 5.75 Å². The van der Waals surface area contributed by atoms with E-state index >= 15 is 0 Å². The molecule has 7 nitrogen and oxygen atoms in total. The molecule has 1 atom stereocenters. The number of urea groups is 1. The molecule has 2 amide bonds. The highest BCUT2D eigenvalue weighted by Gasteiger charge is 2.33. The van der Waals surface area contributed by atoms with Crippen LogP contribution in [0.15, 0.2) is 38.6 Å². The van der Waals surface area contributed by atoms with E-state index in [0.29, 0.717) is 17.0 Å². The summed E-state index contributed by atoms with van der Waals surface area (Å²) in [6, 6.07) is 5.76. The Hall–Kier alpha value is -2.83. The molecule has 22 heavy (non-hydrogen) atoms. The van der Waals surface area contributed by atoms with Crippen molar-refractivity contribution in [1.29, 1.82) is 0 Å². The summed E-state index contributed by atoms with van der Waals surface area (Å²) in [7, 11) is 0. The zero-order chi connectivity index (χ0) is 15.9. The molecule has 1 aliphatic heterocycles. The predicted octanol–water partition coefficient (Wildman–Crippen LogP) is 1.58. The van der Waals surface area contributed by atoms with Crippen LogP contribution < -0.4 is 21.5 Å². The van der Waals surface area contributed by atoms with E-state index in [4.69, 9.17) is 14.9 Å². The Balaban J connectivity index is 2.15. The largest absolute Gasteiger partial charge is 0.483 e. The van der Waals surface area contributed by atoms with Crippen LogP contribution in [0.3, 0.4) is 0 Å². The number of hydrogen-bond donors (Lipinski definition) is 2. The van der Waals surface area contributed by atoms with Crippen molar-refractivity contribution < 1.29 is 13.9 Å². The Morgan fingerprint density at radius 1 is 1.36 bits per heavy atom. The van der Waals surface area contributed by atoms with Crippen molar-refractivity contribution in [2.45, 2.75) is 20.0 Å². The smallest absolute Gasteiger partial charge is 0.336 e. The Bertz CT molecular complexity index is 838. The van der Waals surface area contributed by atoms with Gasteiger partial charge >= 0.3 is 11.7 Å². The molecule has 1 unspecified atom stereocenters. The molecule has 2 heterocycles. The molecule has 0 radical (unpaired) electrons. The maximum atomic E-state index is 11.3. The molecular formula is C15H15N3O4. The summed E-state index contributed by atoms with van der Waals surface area (Å²) in [6.45, 7) is 3.96. The lowest BCUT2D eigenvalue weighted by Crippen LogP contribution is -2.32. The number of hydrazone groups is 1. The lowest BCUT2D eigenvalue weighted by atomic mass is 9.98. The van der Waals surface area contributed by atoms with Gasteiger partial charge in [0.05, 0.1) is 0 Å². The maximum absolute atomic E-state index is 11.3. The fraction of sp³-hybridized carbons (Fsp3) is 0.267. The number of hydrogen-bond acceptors (Lipinski definition) is 5. The van der Waals surface area contributed by atoms with Crippen LogP contribution in [0, 0.1) is 5.92 Å². The number of fused-ring (bicyclic) bond motifs is 2. The number of benzene rings is 1. The second-order valence-electron chi connectivity index (χ2n) is 5.40. The number of primary amides is 1. The summed E-state index contributed by atoms with van der Waals surface area (Å²) < 4.78 is 11.0. The molecule has 1 aliphatic rings. The van der Waals surface area contributed by atoms with Gasteiger partial charge in [-0.1, -0.05) is 13.8 Å². The average Bonchev–Trinajstić information content (AvgIpc) is 2.80. The van der Waals surface area contributed by atoms with Crippen molar-refractivity contribution in [2.75, 3.05) is 0 Å². The van der Waals surface area contributed by atoms with Gasteiger partial charge in [0.2, 0.25) is 0 Å². The Labute approximate surface area is 125 Å². The summed E-state index contributed by atoms with van der Waals surface area (Å²) >= 11 is 0. The van der Waals surface area contributed by atoms with E-state index in [1.165, 1.54) is 6.07 Å². The van der Waals surface area contributed by atoms with Crippen LogP contribution >= 0.6 is 0 Å². The second kappa shape index (κ2) is 5.18. The fourth-order valence-electron chi connectivity index (χ4n) is 2.43. The van der Waals surface area contributed by atoms with Gasteiger partial charge in [0.25, 0.3) is 0 Å². The SMILES string of the molecule is CC(C)C1Oc2cc3oc(=O)ccc3cc2/C1=N\NC(N)=O. The van der Waals surface area contributed by atoms with Crippen LogP contribution in [-0.2, 0) is 0 Å². The minimum atomic E-state index is -0.741. The Morgan fingerprint density at radius 3 is 2.82 bits per heavy atom. The van der Waals surface area contributed by atoms with E-state index in [0.717, 1.165) is 10.9 Å². The molecular weight excluding hydrogens is 286 g/mol. The van der Waals surface area contributed by atoms with Gasteiger partial charge in [0, 0.05) is 23.1 Å². The van der Waals surface area contributed by atoms with Gasteiger partial charge in [-0.2, -0.15) is 5.10 Å². The normalized spacial score (nSPS) is 18.5. The topological polar surface area (TPSA) is 107 Å². The van der Waals surface area contributed by atoms with E-state index in [1.54, 1.807) is 12.1 Å². The molecule has 2 aromatic rings. The van der Waals surface area contributed by atoms with Crippen molar-refractivity contribution in [2.24, 2.45) is 16.8 Å². The van der Waals surface area contributed by atoms with E-state index in [-0.39, 0.29) is 12.0 Å². The molecule has 1 aromatic carbocycles. The third kappa shape index (κ3) is 2.41. The van der Waals surface area contributed by atoms with E-state index in [9.17, 15) is 9.59 Å². The number of rotatable bonds is 2. The van der Waals surface area contributed by atoms with Crippen LogP contribution in [0.4, 0.5) is 4.79 Å². The summed E-state index contributed by atoms with van der Waals surface area (Å²) in [6.07, 6.45) is -0.314. The molecule has 7 heteroatoms. The Kier molecular flexibility index (Phi) is 3.32. The second-order valence-corrected chi connectivity index (χ2v) is 5.40. The lowest BCUT2D eigenvalue weighted by Gasteiger charge is -2.15. The van der Waals surface area contributed by atoms with Gasteiger partial charge in [-0.05, 0) is 18.1 Å². The van der Waals surface area contributed by atoms with Gasteiger partial charge < -0.3 is 14.9 Å². The fourth-order valence-corrected chi connectivity index (χ4v) is 2.43. The van der Waals surface area contributed by atoms with Crippen molar-refractivity contribution in [3.05, 3.63) is 40.2 Å². The highest BCUT2D eigenvalue weighted by Crippen LogP contribution is 2.35. The van der Waals surface area contributed by atoms with Gasteiger partial charge in [0.1, 0.15) is 23.1 Å². The summed E-state index contributed by atoms with van der Waals surface area (Å²) in [5.74, 6) is 0.696. The predicted molar refractivity (Wildman–Crippen MR) is 81.0 cm³/mol. The molecule has 3 rings (SSSR count). The van der Waals surface area contributed by atoms with Crippen molar-refractivity contribution in [1.82, 2.24) is 5.43 Å². The number of amides is 2. The minimum absolute atomic E-state index is 0.135. The van der Waals surface area contributed by atoms with Crippen molar-refractivity contribution in [3.63, 3.8) is 0 Å². The number of ether oxygens (including phenoxy) is 1. The number of nitrogens with one attached hydrogen (secondary N) is 1. The standard InChI is InChI=1S/C15H15N3O4/c1-7(2)14-13(17-18-15(16)20)9-5-8-3-4-12(19)21-10(8)6-11(9)22-14/h3-7,14H,1-2H3,(H3,16,18,20)/b17-13+. The maximum Gasteiger partial charge on any atom is 0.336 e. The van der Waals surface area contributed by atoms with E-state index in [2.05, 4.69) is 10.5 Å². The van der Waals surface area contributed by atoms with E-state index in [1.807, 2.05) is 19.9 Å². The first-order valence-electron chi connectivity index (χ1n) is 6.83. The summed E-state index contributed by atoms with van der Waals surface area (Å²) in [5, 5.41) is 4.81. The van der Waals surface area contributed by atoms with Crippen molar-refractivity contribution >= 4 is 22.7 Å². The van der Waals surface area contributed by atoms with Gasteiger partial charge in [-0.3, -0.25) is 0 Å².